The lowest BCUT2D eigenvalue weighted by Crippen LogP contribution is -1.94. The van der Waals surface area contributed by atoms with E-state index in [9.17, 15) is 0 Å². The zero-order valence-corrected chi connectivity index (χ0v) is 11.2. The van der Waals surface area contributed by atoms with Crippen LogP contribution in [0.2, 0.25) is 0 Å². The van der Waals surface area contributed by atoms with Crippen molar-refractivity contribution in [3.8, 4) is 11.1 Å². The van der Waals surface area contributed by atoms with Crippen LogP contribution in [0.1, 0.15) is 35.8 Å². The highest BCUT2D eigenvalue weighted by molar-refractivity contribution is 6.21. The number of benzene rings is 2. The van der Waals surface area contributed by atoms with Crippen molar-refractivity contribution in [1.82, 2.24) is 0 Å². The first-order chi connectivity index (χ1) is 8.84. The fourth-order valence-corrected chi connectivity index (χ4v) is 3.08. The molecule has 0 heterocycles. The molecule has 92 valence electrons. The molecule has 0 fully saturated rings. The fraction of sp³-hybridized carbons (Fsp3) is 0.294. The molecule has 0 radical (unpaired) electrons. The van der Waals surface area contributed by atoms with Gasteiger partial charge in [0, 0.05) is 0 Å². The normalized spacial score (nSPS) is 19.1. The molecule has 18 heavy (non-hydrogen) atoms. The third-order valence-corrected chi connectivity index (χ3v) is 4.20. The molecular formula is C17H17Cl. The highest BCUT2D eigenvalue weighted by Crippen LogP contribution is 2.35. The average Bonchev–Trinajstić information content (AvgIpc) is 2.62. The summed E-state index contributed by atoms with van der Waals surface area (Å²) in [7, 11) is 0. The molecule has 3 rings (SSSR count). The minimum atomic E-state index is 0.186. The number of halogens is 1. The van der Waals surface area contributed by atoms with E-state index < -0.39 is 0 Å². The van der Waals surface area contributed by atoms with E-state index in [2.05, 4.69) is 48.5 Å². The van der Waals surface area contributed by atoms with Crippen LogP contribution < -0.4 is 0 Å². The fourth-order valence-electron chi connectivity index (χ4n) is 2.72. The van der Waals surface area contributed by atoms with Crippen molar-refractivity contribution in [2.24, 2.45) is 0 Å². The third kappa shape index (κ3) is 2.30. The van der Waals surface area contributed by atoms with Gasteiger partial charge in [0.25, 0.3) is 0 Å². The van der Waals surface area contributed by atoms with Gasteiger partial charge < -0.3 is 0 Å². The molecule has 0 aliphatic heterocycles. The zero-order chi connectivity index (χ0) is 12.4. The Balaban J connectivity index is 2.04. The number of hydrogen-bond donors (Lipinski definition) is 0. The molecule has 0 spiro atoms. The molecule has 0 saturated carbocycles. The van der Waals surface area contributed by atoms with Gasteiger partial charge in [-0.2, -0.15) is 0 Å². The number of aryl methyl sites for hydroxylation is 1. The summed E-state index contributed by atoms with van der Waals surface area (Å²) in [6.07, 6.45) is 4.78. The van der Waals surface area contributed by atoms with E-state index in [0.717, 1.165) is 6.42 Å². The van der Waals surface area contributed by atoms with Crippen molar-refractivity contribution >= 4 is 11.6 Å². The maximum Gasteiger partial charge on any atom is 0.0588 e. The molecule has 0 bridgehead atoms. The van der Waals surface area contributed by atoms with Crippen LogP contribution >= 0.6 is 11.6 Å². The summed E-state index contributed by atoms with van der Waals surface area (Å²) < 4.78 is 0. The van der Waals surface area contributed by atoms with E-state index in [4.69, 9.17) is 11.6 Å². The van der Waals surface area contributed by atoms with Crippen molar-refractivity contribution in [2.75, 3.05) is 0 Å². The van der Waals surface area contributed by atoms with E-state index in [0.29, 0.717) is 0 Å². The summed E-state index contributed by atoms with van der Waals surface area (Å²) in [5.74, 6) is 0. The Labute approximate surface area is 114 Å². The first-order valence-electron chi connectivity index (χ1n) is 6.67. The second-order valence-electron chi connectivity index (χ2n) is 4.99. The topological polar surface area (TPSA) is 0 Å². The lowest BCUT2D eigenvalue weighted by atomic mass is 9.96. The summed E-state index contributed by atoms with van der Waals surface area (Å²) >= 11 is 6.51. The predicted molar refractivity (Wildman–Crippen MR) is 78.0 cm³/mol. The maximum atomic E-state index is 6.51. The van der Waals surface area contributed by atoms with Gasteiger partial charge in [0.05, 0.1) is 5.38 Å². The second-order valence-corrected chi connectivity index (χ2v) is 5.52. The molecule has 1 heteroatoms. The predicted octanol–water partition coefficient (Wildman–Crippen LogP) is 5.36. The van der Waals surface area contributed by atoms with Crippen LogP contribution in [-0.4, -0.2) is 0 Å². The summed E-state index contributed by atoms with van der Waals surface area (Å²) in [6.45, 7) is 0. The van der Waals surface area contributed by atoms with Crippen LogP contribution in [0.3, 0.4) is 0 Å². The third-order valence-electron chi connectivity index (χ3n) is 3.74. The molecule has 1 aliphatic carbocycles. The molecule has 0 saturated heterocycles. The van der Waals surface area contributed by atoms with Gasteiger partial charge in [-0.05, 0) is 47.6 Å². The van der Waals surface area contributed by atoms with Crippen LogP contribution in [0, 0.1) is 0 Å². The molecular weight excluding hydrogens is 240 g/mol. The van der Waals surface area contributed by atoms with Crippen LogP contribution in [0.5, 0.6) is 0 Å². The maximum absolute atomic E-state index is 6.51. The lowest BCUT2D eigenvalue weighted by Gasteiger charge is -2.13. The molecule has 1 aliphatic rings. The highest BCUT2D eigenvalue weighted by atomic mass is 35.5. The van der Waals surface area contributed by atoms with Gasteiger partial charge in [-0.3, -0.25) is 0 Å². The number of alkyl halides is 1. The molecule has 1 unspecified atom stereocenters. The van der Waals surface area contributed by atoms with Crippen molar-refractivity contribution in [2.45, 2.75) is 31.1 Å². The van der Waals surface area contributed by atoms with Crippen molar-refractivity contribution in [1.29, 1.82) is 0 Å². The Morgan fingerprint density at radius 2 is 1.72 bits per heavy atom. The molecule has 2 aromatic carbocycles. The molecule has 1 atom stereocenters. The Morgan fingerprint density at radius 1 is 0.889 bits per heavy atom. The average molecular weight is 257 g/mol. The van der Waals surface area contributed by atoms with Gasteiger partial charge in [0.2, 0.25) is 0 Å². The minimum absolute atomic E-state index is 0.186. The van der Waals surface area contributed by atoms with Crippen LogP contribution in [0.25, 0.3) is 11.1 Å². The number of hydrogen-bond acceptors (Lipinski definition) is 0. The number of rotatable bonds is 1. The van der Waals surface area contributed by atoms with Gasteiger partial charge >= 0.3 is 0 Å². The smallest absolute Gasteiger partial charge is 0.0588 e. The minimum Gasteiger partial charge on any atom is -0.118 e. The molecule has 0 N–H and O–H groups in total. The summed E-state index contributed by atoms with van der Waals surface area (Å²) in [5, 5.41) is 0.186. The number of fused-ring (bicyclic) bond motifs is 1. The molecule has 0 aromatic heterocycles. The zero-order valence-electron chi connectivity index (χ0n) is 10.4. The van der Waals surface area contributed by atoms with Gasteiger partial charge in [0.15, 0.2) is 0 Å². The van der Waals surface area contributed by atoms with E-state index in [1.165, 1.54) is 41.5 Å². The lowest BCUT2D eigenvalue weighted by molar-refractivity contribution is 0.700. The van der Waals surface area contributed by atoms with Crippen molar-refractivity contribution in [3.05, 3.63) is 59.7 Å². The molecule has 0 nitrogen and oxygen atoms in total. The second kappa shape index (κ2) is 5.16. The summed E-state index contributed by atoms with van der Waals surface area (Å²) in [4.78, 5) is 0. The summed E-state index contributed by atoms with van der Waals surface area (Å²) in [5.41, 5.74) is 5.33. The standard InChI is InChI=1S/C17H17Cl/c18-17-9-5-4-8-14-10-11-15(12-16(14)17)13-6-2-1-3-7-13/h1-3,6-7,10-12,17H,4-5,8-9H2. The van der Waals surface area contributed by atoms with Gasteiger partial charge in [-0.1, -0.05) is 48.9 Å². The van der Waals surface area contributed by atoms with Crippen LogP contribution in [-0.2, 0) is 6.42 Å². The Kier molecular flexibility index (Phi) is 3.38. The Bertz CT molecular complexity index is 531. The SMILES string of the molecule is ClC1CCCCc2ccc(-c3ccccc3)cc21. The van der Waals surface area contributed by atoms with Crippen molar-refractivity contribution < 1.29 is 0 Å². The van der Waals surface area contributed by atoms with E-state index in [1.807, 2.05) is 0 Å². The van der Waals surface area contributed by atoms with Gasteiger partial charge in [-0.25, -0.2) is 0 Å². The van der Waals surface area contributed by atoms with Gasteiger partial charge in [-0.15, -0.1) is 11.6 Å². The monoisotopic (exact) mass is 256 g/mol. The molecule has 2 aromatic rings. The largest absolute Gasteiger partial charge is 0.118 e. The van der Waals surface area contributed by atoms with E-state index in [-0.39, 0.29) is 5.38 Å². The Morgan fingerprint density at radius 3 is 2.56 bits per heavy atom. The van der Waals surface area contributed by atoms with Crippen molar-refractivity contribution in [3.63, 3.8) is 0 Å². The molecule has 0 amide bonds. The van der Waals surface area contributed by atoms with E-state index in [1.54, 1.807) is 0 Å². The van der Waals surface area contributed by atoms with Crippen LogP contribution in [0.4, 0.5) is 0 Å². The van der Waals surface area contributed by atoms with Gasteiger partial charge in [0.1, 0.15) is 0 Å². The van der Waals surface area contributed by atoms with E-state index >= 15 is 0 Å². The first-order valence-corrected chi connectivity index (χ1v) is 7.10. The van der Waals surface area contributed by atoms with Crippen LogP contribution in [0.15, 0.2) is 48.5 Å². The summed E-state index contributed by atoms with van der Waals surface area (Å²) in [6, 6.07) is 17.3. The Hall–Kier alpha value is -1.27. The highest BCUT2D eigenvalue weighted by Gasteiger charge is 2.16. The first kappa shape index (κ1) is 11.8. The quantitative estimate of drug-likeness (QED) is 0.476.